The average molecular weight is 276 g/mol. The number of hydrogen-bond acceptors (Lipinski definition) is 4. The Labute approximate surface area is 118 Å². The van der Waals surface area contributed by atoms with Gasteiger partial charge in [0, 0.05) is 31.3 Å². The fraction of sp³-hybridized carbons (Fsp3) is 0.400. The average Bonchev–Trinajstić information content (AvgIpc) is 2.75. The quantitative estimate of drug-likeness (QED) is 0.564. The van der Waals surface area contributed by atoms with Crippen LogP contribution in [0, 0.1) is 0 Å². The van der Waals surface area contributed by atoms with Crippen molar-refractivity contribution in [2.45, 2.75) is 25.0 Å². The van der Waals surface area contributed by atoms with Crippen LogP contribution in [0.2, 0.25) is 0 Å². The highest BCUT2D eigenvalue weighted by Gasteiger charge is 2.39. The van der Waals surface area contributed by atoms with E-state index in [1.165, 1.54) is 6.08 Å². The molecule has 5 nitrogen and oxygen atoms in total. The molecular weight excluding hydrogens is 256 g/mol. The van der Waals surface area contributed by atoms with Gasteiger partial charge in [0.1, 0.15) is 5.60 Å². The van der Waals surface area contributed by atoms with Gasteiger partial charge in [-0.1, -0.05) is 12.1 Å². The van der Waals surface area contributed by atoms with Gasteiger partial charge in [0.2, 0.25) is 5.91 Å². The van der Waals surface area contributed by atoms with Crippen molar-refractivity contribution >= 4 is 17.7 Å². The number of ether oxygens (including phenoxy) is 1. The third-order valence-electron chi connectivity index (χ3n) is 3.57. The maximum absolute atomic E-state index is 11.7. The van der Waals surface area contributed by atoms with Crippen LogP contribution in [-0.4, -0.2) is 35.9 Å². The molecule has 0 spiro atoms. The van der Waals surface area contributed by atoms with E-state index in [1.54, 1.807) is 18.2 Å². The van der Waals surface area contributed by atoms with Crippen molar-refractivity contribution in [3.8, 4) is 0 Å². The molecular formula is C15H20N2O3. The van der Waals surface area contributed by atoms with Crippen LogP contribution < -0.4 is 11.1 Å². The Morgan fingerprint density at radius 2 is 2.45 bits per heavy atom. The molecule has 0 saturated carbocycles. The lowest BCUT2D eigenvalue weighted by atomic mass is 9.97. The summed E-state index contributed by atoms with van der Waals surface area (Å²) in [5.74, 6) is -0.250. The van der Waals surface area contributed by atoms with E-state index in [9.17, 15) is 9.90 Å². The summed E-state index contributed by atoms with van der Waals surface area (Å²) in [6.07, 6.45) is 3.39. The van der Waals surface area contributed by atoms with Gasteiger partial charge in [-0.15, -0.1) is 0 Å². The van der Waals surface area contributed by atoms with E-state index < -0.39 is 5.60 Å². The van der Waals surface area contributed by atoms with Gasteiger partial charge in [-0.3, -0.25) is 4.79 Å². The van der Waals surface area contributed by atoms with Gasteiger partial charge in [-0.25, -0.2) is 0 Å². The largest absolute Gasteiger partial charge is 0.399 e. The topological polar surface area (TPSA) is 84.6 Å². The van der Waals surface area contributed by atoms with Gasteiger partial charge in [-0.2, -0.15) is 0 Å². The van der Waals surface area contributed by atoms with Gasteiger partial charge < -0.3 is 20.9 Å². The second kappa shape index (κ2) is 6.07. The molecule has 0 aromatic heterocycles. The standard InChI is InChI=1S/C15H20N2O3/c1-11-15(19,7-8-20-11)10-17-14(18)6-5-12-3-2-4-13(16)9-12/h2-6,9,11,19H,7-8,10,16H2,1H3,(H,17,18)/b6-5+. The lowest BCUT2D eigenvalue weighted by Gasteiger charge is -2.25. The number of amides is 1. The van der Waals surface area contributed by atoms with Gasteiger partial charge in [-0.05, 0) is 30.7 Å². The summed E-state index contributed by atoms with van der Waals surface area (Å²) < 4.78 is 5.31. The maximum atomic E-state index is 11.7. The molecule has 0 aliphatic carbocycles. The van der Waals surface area contributed by atoms with Crippen LogP contribution in [0.5, 0.6) is 0 Å². The number of benzene rings is 1. The van der Waals surface area contributed by atoms with E-state index in [0.29, 0.717) is 18.7 Å². The molecule has 0 bridgehead atoms. The third kappa shape index (κ3) is 3.59. The molecule has 1 aliphatic heterocycles. The molecule has 5 heteroatoms. The van der Waals surface area contributed by atoms with Crippen LogP contribution >= 0.6 is 0 Å². The number of nitrogen functional groups attached to an aromatic ring is 1. The van der Waals surface area contributed by atoms with Crippen LogP contribution in [0.4, 0.5) is 5.69 Å². The van der Waals surface area contributed by atoms with E-state index >= 15 is 0 Å². The first-order valence-electron chi connectivity index (χ1n) is 6.65. The fourth-order valence-corrected chi connectivity index (χ4v) is 2.14. The van der Waals surface area contributed by atoms with E-state index in [2.05, 4.69) is 5.32 Å². The van der Waals surface area contributed by atoms with Crippen molar-refractivity contribution in [2.24, 2.45) is 0 Å². The van der Waals surface area contributed by atoms with Crippen LogP contribution in [0.1, 0.15) is 18.9 Å². The minimum Gasteiger partial charge on any atom is -0.399 e. The Morgan fingerprint density at radius 3 is 3.10 bits per heavy atom. The number of hydrogen-bond donors (Lipinski definition) is 3. The van der Waals surface area contributed by atoms with Crippen molar-refractivity contribution in [1.82, 2.24) is 5.32 Å². The van der Waals surface area contributed by atoms with Crippen LogP contribution in [0.25, 0.3) is 6.08 Å². The predicted octanol–water partition coefficient (Wildman–Crippen LogP) is 0.938. The molecule has 1 fully saturated rings. The Morgan fingerprint density at radius 1 is 1.65 bits per heavy atom. The van der Waals surface area contributed by atoms with Crippen molar-refractivity contribution in [2.75, 3.05) is 18.9 Å². The SMILES string of the molecule is CC1OCCC1(O)CNC(=O)/C=C/c1cccc(N)c1. The summed E-state index contributed by atoms with van der Waals surface area (Å²) >= 11 is 0. The molecule has 2 atom stereocenters. The second-order valence-electron chi connectivity index (χ2n) is 5.09. The highest BCUT2D eigenvalue weighted by Crippen LogP contribution is 2.24. The van der Waals surface area contributed by atoms with Gasteiger partial charge in [0.25, 0.3) is 0 Å². The zero-order valence-electron chi connectivity index (χ0n) is 11.5. The van der Waals surface area contributed by atoms with E-state index in [0.717, 1.165) is 5.56 Å². The van der Waals surface area contributed by atoms with Crippen molar-refractivity contribution in [1.29, 1.82) is 0 Å². The summed E-state index contributed by atoms with van der Waals surface area (Å²) in [4.78, 5) is 11.7. The summed E-state index contributed by atoms with van der Waals surface area (Å²) in [5.41, 5.74) is 6.20. The Balaban J connectivity index is 1.87. The minimum atomic E-state index is -0.972. The zero-order valence-corrected chi connectivity index (χ0v) is 11.5. The molecule has 4 N–H and O–H groups in total. The number of aliphatic hydroxyl groups is 1. The van der Waals surface area contributed by atoms with E-state index in [-0.39, 0.29) is 18.6 Å². The fourth-order valence-electron chi connectivity index (χ4n) is 2.14. The molecule has 1 aromatic carbocycles. The van der Waals surface area contributed by atoms with Crippen LogP contribution in [0.3, 0.4) is 0 Å². The minimum absolute atomic E-state index is 0.189. The molecule has 20 heavy (non-hydrogen) atoms. The Bertz CT molecular complexity index is 516. The van der Waals surface area contributed by atoms with Gasteiger partial charge >= 0.3 is 0 Å². The van der Waals surface area contributed by atoms with Crippen molar-refractivity contribution in [3.63, 3.8) is 0 Å². The van der Waals surface area contributed by atoms with E-state index in [4.69, 9.17) is 10.5 Å². The molecule has 0 radical (unpaired) electrons. The third-order valence-corrected chi connectivity index (χ3v) is 3.57. The monoisotopic (exact) mass is 276 g/mol. The van der Waals surface area contributed by atoms with Crippen molar-refractivity contribution in [3.05, 3.63) is 35.9 Å². The molecule has 1 aliphatic rings. The van der Waals surface area contributed by atoms with Crippen molar-refractivity contribution < 1.29 is 14.6 Å². The summed E-state index contributed by atoms with van der Waals surface area (Å²) in [7, 11) is 0. The predicted molar refractivity (Wildman–Crippen MR) is 77.9 cm³/mol. The first kappa shape index (κ1) is 14.6. The van der Waals surface area contributed by atoms with Gasteiger partial charge in [0.05, 0.1) is 6.10 Å². The first-order chi connectivity index (χ1) is 9.49. The highest BCUT2D eigenvalue weighted by atomic mass is 16.5. The number of anilines is 1. The normalized spacial score (nSPS) is 26.0. The maximum Gasteiger partial charge on any atom is 0.244 e. The number of nitrogens with one attached hydrogen (secondary N) is 1. The number of rotatable bonds is 4. The lowest BCUT2D eigenvalue weighted by molar-refractivity contribution is -0.118. The lowest BCUT2D eigenvalue weighted by Crippen LogP contribution is -2.47. The number of nitrogens with two attached hydrogens (primary N) is 1. The van der Waals surface area contributed by atoms with Crippen LogP contribution in [0.15, 0.2) is 30.3 Å². The molecule has 108 valence electrons. The van der Waals surface area contributed by atoms with Gasteiger partial charge in [0.15, 0.2) is 0 Å². The Hall–Kier alpha value is -1.85. The molecule has 1 amide bonds. The molecule has 1 aromatic rings. The molecule has 1 saturated heterocycles. The highest BCUT2D eigenvalue weighted by molar-refractivity contribution is 5.91. The second-order valence-corrected chi connectivity index (χ2v) is 5.09. The molecule has 2 rings (SSSR count). The Kier molecular flexibility index (Phi) is 4.42. The summed E-state index contributed by atoms with van der Waals surface area (Å²) in [5, 5.41) is 12.9. The molecule has 2 unspecified atom stereocenters. The van der Waals surface area contributed by atoms with Crippen LogP contribution in [-0.2, 0) is 9.53 Å². The summed E-state index contributed by atoms with van der Waals surface area (Å²) in [6, 6.07) is 7.26. The summed E-state index contributed by atoms with van der Waals surface area (Å²) in [6.45, 7) is 2.52. The number of carbonyl (C=O) groups is 1. The number of carbonyl (C=O) groups excluding carboxylic acids is 1. The molecule has 1 heterocycles. The zero-order chi connectivity index (χ0) is 14.6. The first-order valence-corrected chi connectivity index (χ1v) is 6.65. The van der Waals surface area contributed by atoms with E-state index in [1.807, 2.05) is 19.1 Å². The smallest absolute Gasteiger partial charge is 0.244 e.